The highest BCUT2D eigenvalue weighted by Gasteiger charge is 2.47. The number of hydrogen-bond donors (Lipinski definition) is 2. The first kappa shape index (κ1) is 30.8. The molecule has 47 heavy (non-hydrogen) atoms. The van der Waals surface area contributed by atoms with Gasteiger partial charge in [-0.3, -0.25) is 4.79 Å². The summed E-state index contributed by atoms with van der Waals surface area (Å²) in [7, 11) is -2.78. The molecule has 3 fully saturated rings. The number of carboxylic acid groups (broad SMARTS) is 1. The number of nitrogens with one attached hydrogen (secondary N) is 1. The zero-order chi connectivity index (χ0) is 33.0. The van der Waals surface area contributed by atoms with Crippen LogP contribution in [0.4, 0.5) is 14.6 Å². The first-order valence-corrected chi connectivity index (χ1v) is 16.8. The maximum Gasteiger partial charge on any atom is 0.308 e. The quantitative estimate of drug-likeness (QED) is 0.185. The van der Waals surface area contributed by atoms with Crippen LogP contribution in [-0.4, -0.2) is 46.6 Å². The zero-order valence-electron chi connectivity index (χ0n) is 25.7. The van der Waals surface area contributed by atoms with Gasteiger partial charge < -0.3 is 15.2 Å². The van der Waals surface area contributed by atoms with Crippen molar-refractivity contribution in [2.24, 2.45) is 17.8 Å². The van der Waals surface area contributed by atoms with E-state index in [1.54, 1.807) is 49.6 Å². The van der Waals surface area contributed by atoms with E-state index in [1.165, 1.54) is 18.3 Å². The first-order valence-electron chi connectivity index (χ1n) is 15.4. The molecule has 2 atom stereocenters. The Balaban J connectivity index is 1.42. The number of ether oxygens (including phenoxy) is 1. The highest BCUT2D eigenvalue weighted by Crippen LogP contribution is 2.46. The van der Waals surface area contributed by atoms with Crippen molar-refractivity contribution in [1.82, 2.24) is 13.9 Å². The van der Waals surface area contributed by atoms with Crippen molar-refractivity contribution in [3.05, 3.63) is 90.1 Å². The van der Waals surface area contributed by atoms with Crippen LogP contribution in [0.15, 0.2) is 77.8 Å². The first-order chi connectivity index (χ1) is 22.5. The molecule has 2 heterocycles. The fraction of sp³-hybridized carbons (Fsp3) is 0.286. The van der Waals surface area contributed by atoms with Crippen LogP contribution in [0.5, 0.6) is 5.75 Å². The molecule has 0 saturated heterocycles. The second kappa shape index (κ2) is 11.8. The van der Waals surface area contributed by atoms with Gasteiger partial charge in [0.2, 0.25) is 0 Å². The molecule has 3 saturated carbocycles. The third-order valence-corrected chi connectivity index (χ3v) is 11.2. The van der Waals surface area contributed by atoms with Crippen LogP contribution in [-0.2, 0) is 14.8 Å². The summed E-state index contributed by atoms with van der Waals surface area (Å²) in [5.74, 6) is -2.28. The molecule has 3 aromatic carbocycles. The molecule has 12 heteroatoms. The maximum atomic E-state index is 15.5. The number of carbonyl (C=O) groups is 1. The summed E-state index contributed by atoms with van der Waals surface area (Å²) >= 11 is 0. The number of aryl methyl sites for hydroxylation is 1. The number of fused-ring (bicyclic) bond motifs is 4. The number of nitrogens with zero attached hydrogens (tertiary/aromatic N) is 3. The van der Waals surface area contributed by atoms with Gasteiger partial charge in [-0.2, -0.15) is 0 Å². The summed E-state index contributed by atoms with van der Waals surface area (Å²) in [5, 5.41) is 13.5. The number of methoxy groups -OCH3 is 1. The predicted molar refractivity (Wildman–Crippen MR) is 173 cm³/mol. The number of aliphatic carboxylic acids is 1. The van der Waals surface area contributed by atoms with E-state index in [-0.39, 0.29) is 45.1 Å². The Labute approximate surface area is 270 Å². The van der Waals surface area contributed by atoms with E-state index in [0.717, 1.165) is 41.3 Å². The van der Waals surface area contributed by atoms with Crippen LogP contribution < -0.4 is 10.1 Å². The van der Waals surface area contributed by atoms with Gasteiger partial charge in [0.05, 0.1) is 23.6 Å². The van der Waals surface area contributed by atoms with Crippen molar-refractivity contribution in [2.75, 3.05) is 12.4 Å². The Morgan fingerprint density at radius 3 is 2.30 bits per heavy atom. The van der Waals surface area contributed by atoms with Gasteiger partial charge in [-0.25, -0.2) is 31.1 Å². The molecule has 3 aliphatic rings. The molecule has 2 aromatic heterocycles. The smallest absolute Gasteiger partial charge is 0.308 e. The molecule has 5 aromatic rings. The van der Waals surface area contributed by atoms with Crippen LogP contribution in [0.2, 0.25) is 0 Å². The third kappa shape index (κ3) is 5.50. The highest BCUT2D eigenvalue weighted by atomic mass is 32.2. The van der Waals surface area contributed by atoms with Crippen LogP contribution in [0, 0.1) is 36.3 Å². The van der Waals surface area contributed by atoms with Gasteiger partial charge in [0.25, 0.3) is 10.0 Å². The average molecular weight is 659 g/mol. The number of anilines is 1. The van der Waals surface area contributed by atoms with Crippen molar-refractivity contribution in [2.45, 2.75) is 43.5 Å². The number of hydrogen-bond acceptors (Lipinski definition) is 7. The topological polar surface area (TPSA) is 123 Å². The van der Waals surface area contributed by atoms with Gasteiger partial charge in [-0.05, 0) is 86.9 Å². The lowest BCUT2D eigenvalue weighted by Gasteiger charge is -2.47. The molecule has 0 aliphatic heterocycles. The van der Waals surface area contributed by atoms with E-state index in [1.807, 2.05) is 6.92 Å². The van der Waals surface area contributed by atoms with Gasteiger partial charge in [0, 0.05) is 40.9 Å². The summed E-state index contributed by atoms with van der Waals surface area (Å²) in [5.41, 5.74) is 1.70. The molecule has 9 nitrogen and oxygen atoms in total. The molecule has 2 N–H and O–H groups in total. The minimum atomic E-state index is -4.33. The van der Waals surface area contributed by atoms with Crippen LogP contribution >= 0.6 is 0 Å². The molecule has 0 spiro atoms. The summed E-state index contributed by atoms with van der Waals surface area (Å²) in [6.45, 7) is 1.82. The van der Waals surface area contributed by atoms with Gasteiger partial charge in [-0.1, -0.05) is 17.7 Å². The Bertz CT molecular complexity index is 2110. The lowest BCUT2D eigenvalue weighted by molar-refractivity contribution is -0.148. The number of aromatic nitrogens is 3. The monoisotopic (exact) mass is 658 g/mol. The number of benzene rings is 3. The average Bonchev–Trinajstić information content (AvgIpc) is 3.46. The summed E-state index contributed by atoms with van der Waals surface area (Å²) < 4.78 is 64.1. The highest BCUT2D eigenvalue weighted by molar-refractivity contribution is 7.90. The molecular formula is C35H32F2N4O5S. The molecule has 3 aliphatic carbocycles. The van der Waals surface area contributed by atoms with E-state index in [2.05, 4.69) is 5.32 Å². The van der Waals surface area contributed by atoms with Gasteiger partial charge in [-0.15, -0.1) is 0 Å². The van der Waals surface area contributed by atoms with E-state index >= 15 is 4.39 Å². The Morgan fingerprint density at radius 2 is 1.64 bits per heavy atom. The second-order valence-corrected chi connectivity index (χ2v) is 14.2. The molecule has 242 valence electrons. The molecule has 2 bridgehead atoms. The fourth-order valence-corrected chi connectivity index (χ4v) is 8.55. The predicted octanol–water partition coefficient (Wildman–Crippen LogP) is 6.90. The minimum absolute atomic E-state index is 0.0153. The van der Waals surface area contributed by atoms with E-state index in [4.69, 9.17) is 14.7 Å². The van der Waals surface area contributed by atoms with Crippen LogP contribution in [0.1, 0.15) is 31.2 Å². The molecule has 8 rings (SSSR count). The van der Waals surface area contributed by atoms with Gasteiger partial charge in [0.1, 0.15) is 22.9 Å². The summed E-state index contributed by atoms with van der Waals surface area (Å²) in [4.78, 5) is 21.8. The van der Waals surface area contributed by atoms with Gasteiger partial charge in [0.15, 0.2) is 11.6 Å². The van der Waals surface area contributed by atoms with Crippen LogP contribution in [0.3, 0.4) is 0 Å². The second-order valence-electron chi connectivity index (χ2n) is 12.3. The van der Waals surface area contributed by atoms with Gasteiger partial charge >= 0.3 is 5.97 Å². The lowest BCUT2D eigenvalue weighted by atomic mass is 9.61. The number of carboxylic acids is 1. The Hall–Kier alpha value is -4.84. The Kier molecular flexibility index (Phi) is 7.70. The summed E-state index contributed by atoms with van der Waals surface area (Å²) in [6.07, 6.45) is 4.73. The van der Waals surface area contributed by atoms with Crippen molar-refractivity contribution in [1.29, 1.82) is 0 Å². The molecular weight excluding hydrogens is 626 g/mol. The van der Waals surface area contributed by atoms with Crippen molar-refractivity contribution in [3.8, 4) is 28.4 Å². The number of rotatable bonds is 8. The largest absolute Gasteiger partial charge is 0.497 e. The van der Waals surface area contributed by atoms with Crippen molar-refractivity contribution < 1.29 is 31.8 Å². The lowest BCUT2D eigenvalue weighted by Crippen LogP contribution is -2.51. The maximum absolute atomic E-state index is 15.5. The normalized spacial score (nSPS) is 20.8. The standard InChI is InChI=1S/C35H32F2N4O5S/c1-19-3-13-25(14-4-19)47(44,45)41-18-27(26-15-23(36)16-28(37)33(26)41)34-38-29(20-9-11-24(46-2)12-10-20)17-30(40-34)39-32-22-7-5-21(6-8-22)31(32)35(42)43/h3-4,9-18,21-22,31-32H,5-8H2,1-2H3,(H,42,43)(H,38,39,40). The van der Waals surface area contributed by atoms with Crippen LogP contribution in [0.25, 0.3) is 33.5 Å². The summed E-state index contributed by atoms with van der Waals surface area (Å²) in [6, 6.07) is 16.3. The zero-order valence-corrected chi connectivity index (χ0v) is 26.5. The van der Waals surface area contributed by atoms with Crippen molar-refractivity contribution >= 4 is 32.7 Å². The SMILES string of the molecule is COc1ccc(-c2cc(NC3C4CCC(CC4)C3C(=O)O)nc(-c3cn(S(=O)(=O)c4ccc(C)cc4)c4c(F)cc(F)cc34)n2)cc1. The molecule has 2 unspecified atom stereocenters. The minimum Gasteiger partial charge on any atom is -0.497 e. The van der Waals surface area contributed by atoms with E-state index in [0.29, 0.717) is 28.9 Å². The third-order valence-electron chi connectivity index (χ3n) is 9.53. The van der Waals surface area contributed by atoms with Crippen molar-refractivity contribution in [3.63, 3.8) is 0 Å². The van der Waals surface area contributed by atoms with E-state index in [9.17, 15) is 22.7 Å². The molecule has 0 amide bonds. The fourth-order valence-electron chi connectivity index (χ4n) is 7.17. The molecule has 0 radical (unpaired) electrons. The Morgan fingerprint density at radius 1 is 0.957 bits per heavy atom. The number of halogens is 2. The van der Waals surface area contributed by atoms with E-state index < -0.39 is 33.5 Å².